The Kier molecular flexibility index (Phi) is 3.80. The molecule has 0 amide bonds. The summed E-state index contributed by atoms with van der Waals surface area (Å²) >= 11 is 0. The largest absolute Gasteiger partial charge is 0.380 e. The summed E-state index contributed by atoms with van der Waals surface area (Å²) in [5, 5.41) is 7.62. The molecule has 1 rings (SSSR count). The van der Waals surface area contributed by atoms with Gasteiger partial charge in [-0.3, -0.25) is 4.68 Å². The molecule has 0 aliphatic heterocycles. The third-order valence-electron chi connectivity index (χ3n) is 2.09. The van der Waals surface area contributed by atoms with Gasteiger partial charge in [-0.2, -0.15) is 5.10 Å². The predicted octanol–water partition coefficient (Wildman–Crippen LogP) is 2.50. The first-order valence-electron chi connectivity index (χ1n) is 5.05. The molecule has 1 aromatic rings. The lowest BCUT2D eigenvalue weighted by molar-refractivity contribution is 0.659. The summed E-state index contributed by atoms with van der Waals surface area (Å²) in [6.45, 7) is 7.43. The van der Waals surface area contributed by atoms with Crippen molar-refractivity contribution in [3.8, 4) is 0 Å². The standard InChI is InChI=1S/C10H19N3/c1-4-6-9(3)12-10-7-11-13(5-2)8-10/h7-9,12H,4-6H2,1-3H3. The van der Waals surface area contributed by atoms with Crippen LogP contribution in [0.25, 0.3) is 0 Å². The Hall–Kier alpha value is -0.990. The highest BCUT2D eigenvalue weighted by Gasteiger charge is 2.01. The van der Waals surface area contributed by atoms with Crippen LogP contribution < -0.4 is 5.32 Å². The summed E-state index contributed by atoms with van der Waals surface area (Å²) in [5.41, 5.74) is 1.13. The lowest BCUT2D eigenvalue weighted by Crippen LogP contribution is -2.13. The van der Waals surface area contributed by atoms with Crippen LogP contribution in [0.3, 0.4) is 0 Å². The molecule has 0 aliphatic rings. The van der Waals surface area contributed by atoms with Crippen molar-refractivity contribution < 1.29 is 0 Å². The molecule has 1 heterocycles. The maximum absolute atomic E-state index is 4.20. The van der Waals surface area contributed by atoms with Crippen LogP contribution in [-0.4, -0.2) is 15.8 Å². The van der Waals surface area contributed by atoms with Gasteiger partial charge in [0, 0.05) is 18.8 Å². The summed E-state index contributed by atoms with van der Waals surface area (Å²) in [4.78, 5) is 0. The average Bonchev–Trinajstić information content (AvgIpc) is 2.52. The van der Waals surface area contributed by atoms with Crippen LogP contribution in [0.5, 0.6) is 0 Å². The van der Waals surface area contributed by atoms with E-state index < -0.39 is 0 Å². The van der Waals surface area contributed by atoms with Crippen LogP contribution >= 0.6 is 0 Å². The van der Waals surface area contributed by atoms with Crippen LogP contribution in [-0.2, 0) is 6.54 Å². The Balaban J connectivity index is 2.44. The van der Waals surface area contributed by atoms with Crippen LogP contribution in [0.4, 0.5) is 5.69 Å². The lowest BCUT2D eigenvalue weighted by atomic mass is 10.2. The third-order valence-corrected chi connectivity index (χ3v) is 2.09. The molecule has 3 nitrogen and oxygen atoms in total. The highest BCUT2D eigenvalue weighted by Crippen LogP contribution is 2.08. The zero-order valence-electron chi connectivity index (χ0n) is 8.75. The van der Waals surface area contributed by atoms with Gasteiger partial charge in [-0.15, -0.1) is 0 Å². The topological polar surface area (TPSA) is 29.9 Å². The van der Waals surface area contributed by atoms with E-state index in [0.717, 1.165) is 12.2 Å². The molecule has 74 valence electrons. The monoisotopic (exact) mass is 181 g/mol. The Morgan fingerprint density at radius 1 is 1.54 bits per heavy atom. The highest BCUT2D eigenvalue weighted by molar-refractivity contribution is 5.38. The van der Waals surface area contributed by atoms with E-state index in [1.807, 2.05) is 17.1 Å². The van der Waals surface area contributed by atoms with Gasteiger partial charge in [0.15, 0.2) is 0 Å². The molecule has 0 aliphatic carbocycles. The molecule has 0 bridgehead atoms. The third kappa shape index (κ3) is 3.09. The number of nitrogens with one attached hydrogen (secondary N) is 1. The van der Waals surface area contributed by atoms with Gasteiger partial charge in [-0.1, -0.05) is 13.3 Å². The van der Waals surface area contributed by atoms with Gasteiger partial charge in [-0.25, -0.2) is 0 Å². The van der Waals surface area contributed by atoms with Gasteiger partial charge < -0.3 is 5.32 Å². The Morgan fingerprint density at radius 3 is 2.85 bits per heavy atom. The fourth-order valence-electron chi connectivity index (χ4n) is 1.40. The highest BCUT2D eigenvalue weighted by atomic mass is 15.3. The van der Waals surface area contributed by atoms with E-state index in [9.17, 15) is 0 Å². The van der Waals surface area contributed by atoms with Crippen LogP contribution in [0.1, 0.15) is 33.6 Å². The molecule has 13 heavy (non-hydrogen) atoms. The molecule has 1 aromatic heterocycles. The molecule has 1 N–H and O–H groups in total. The number of aryl methyl sites for hydroxylation is 1. The summed E-state index contributed by atoms with van der Waals surface area (Å²) in [5.74, 6) is 0. The van der Waals surface area contributed by atoms with E-state index >= 15 is 0 Å². The van der Waals surface area contributed by atoms with Crippen LogP contribution in [0, 0.1) is 0 Å². The summed E-state index contributed by atoms with van der Waals surface area (Å²) in [7, 11) is 0. The van der Waals surface area contributed by atoms with E-state index in [4.69, 9.17) is 0 Å². The molecule has 0 fully saturated rings. The second-order valence-corrected chi connectivity index (χ2v) is 3.42. The van der Waals surface area contributed by atoms with Crippen LogP contribution in [0.15, 0.2) is 12.4 Å². The minimum atomic E-state index is 0.541. The van der Waals surface area contributed by atoms with Crippen molar-refractivity contribution >= 4 is 5.69 Å². The van der Waals surface area contributed by atoms with E-state index in [1.165, 1.54) is 12.8 Å². The molecule has 0 spiro atoms. The molecule has 0 aromatic carbocycles. The first-order chi connectivity index (χ1) is 6.26. The number of anilines is 1. The molecule has 0 saturated carbocycles. The Bertz CT molecular complexity index is 242. The first-order valence-corrected chi connectivity index (χ1v) is 5.05. The van der Waals surface area contributed by atoms with E-state index in [2.05, 4.69) is 31.2 Å². The van der Waals surface area contributed by atoms with Crippen molar-refractivity contribution in [1.82, 2.24) is 9.78 Å². The van der Waals surface area contributed by atoms with Crippen molar-refractivity contribution in [2.75, 3.05) is 5.32 Å². The van der Waals surface area contributed by atoms with Crippen LogP contribution in [0.2, 0.25) is 0 Å². The lowest BCUT2D eigenvalue weighted by Gasteiger charge is -2.11. The SMILES string of the molecule is CCCC(C)Nc1cnn(CC)c1. The van der Waals surface area contributed by atoms with Gasteiger partial charge >= 0.3 is 0 Å². The van der Waals surface area contributed by atoms with Crippen molar-refractivity contribution in [3.05, 3.63) is 12.4 Å². The second kappa shape index (κ2) is 4.90. The summed E-state index contributed by atoms with van der Waals surface area (Å²) in [6.07, 6.45) is 6.36. The number of aromatic nitrogens is 2. The maximum atomic E-state index is 4.20. The molecule has 1 atom stereocenters. The predicted molar refractivity (Wildman–Crippen MR) is 55.9 cm³/mol. The van der Waals surface area contributed by atoms with Gasteiger partial charge in [0.05, 0.1) is 11.9 Å². The molecular formula is C10H19N3. The molecule has 0 radical (unpaired) electrons. The Morgan fingerprint density at radius 2 is 2.31 bits per heavy atom. The number of nitrogens with zero attached hydrogens (tertiary/aromatic N) is 2. The zero-order chi connectivity index (χ0) is 9.68. The number of hydrogen-bond donors (Lipinski definition) is 1. The fraction of sp³-hybridized carbons (Fsp3) is 0.700. The first kappa shape index (κ1) is 10.1. The van der Waals surface area contributed by atoms with Gasteiger partial charge in [0.25, 0.3) is 0 Å². The molecule has 1 unspecified atom stereocenters. The second-order valence-electron chi connectivity index (χ2n) is 3.42. The van der Waals surface area contributed by atoms with Crippen molar-refractivity contribution in [3.63, 3.8) is 0 Å². The van der Waals surface area contributed by atoms with E-state index in [-0.39, 0.29) is 0 Å². The maximum Gasteiger partial charge on any atom is 0.0728 e. The minimum Gasteiger partial charge on any atom is -0.380 e. The Labute approximate surface area is 80.1 Å². The van der Waals surface area contributed by atoms with Gasteiger partial charge in [0.1, 0.15) is 0 Å². The molecular weight excluding hydrogens is 162 g/mol. The van der Waals surface area contributed by atoms with E-state index in [0.29, 0.717) is 6.04 Å². The van der Waals surface area contributed by atoms with Gasteiger partial charge in [0.2, 0.25) is 0 Å². The van der Waals surface area contributed by atoms with Crippen molar-refractivity contribution in [1.29, 1.82) is 0 Å². The fourth-order valence-corrected chi connectivity index (χ4v) is 1.40. The number of hydrogen-bond acceptors (Lipinski definition) is 2. The molecule has 3 heteroatoms. The quantitative estimate of drug-likeness (QED) is 0.756. The van der Waals surface area contributed by atoms with E-state index in [1.54, 1.807) is 0 Å². The molecule has 0 saturated heterocycles. The summed E-state index contributed by atoms with van der Waals surface area (Å²) < 4.78 is 1.93. The minimum absolute atomic E-state index is 0.541. The average molecular weight is 181 g/mol. The van der Waals surface area contributed by atoms with Gasteiger partial charge in [-0.05, 0) is 20.3 Å². The number of rotatable bonds is 5. The smallest absolute Gasteiger partial charge is 0.0728 e. The van der Waals surface area contributed by atoms with Crippen molar-refractivity contribution in [2.24, 2.45) is 0 Å². The normalized spacial score (nSPS) is 12.8. The summed E-state index contributed by atoms with van der Waals surface area (Å²) in [6, 6.07) is 0.541. The zero-order valence-corrected chi connectivity index (χ0v) is 8.75. The van der Waals surface area contributed by atoms with Crippen molar-refractivity contribution in [2.45, 2.75) is 46.2 Å².